The van der Waals surface area contributed by atoms with Crippen molar-refractivity contribution < 1.29 is 13.9 Å². The molecule has 0 spiro atoms. The smallest absolute Gasteiger partial charge is 0.248 e. The summed E-state index contributed by atoms with van der Waals surface area (Å²) in [4.78, 5) is 16.1. The Kier molecular flexibility index (Phi) is 6.33. The summed E-state index contributed by atoms with van der Waals surface area (Å²) in [6.07, 6.45) is 10.6. The number of aryl methyl sites for hydroxylation is 1. The maximum absolute atomic E-state index is 6.55. The minimum absolute atomic E-state index is 0.141. The fourth-order valence-electron chi connectivity index (χ4n) is 4.96. The van der Waals surface area contributed by atoms with Gasteiger partial charge in [-0.1, -0.05) is 0 Å². The summed E-state index contributed by atoms with van der Waals surface area (Å²) in [5.41, 5.74) is 4.66. The molecule has 0 amide bonds. The summed E-state index contributed by atoms with van der Waals surface area (Å²) >= 11 is 0. The van der Waals surface area contributed by atoms with Gasteiger partial charge in [-0.05, 0) is 50.3 Å². The standard InChI is InChI=1S/C26H29N7O3/c1-17-12-18(26-32-30-16-35-26)15-29-25(17)31-19-2-4-21(5-3-19)36-23-14-20(33-8-10-34-11-9-33)13-22-24(23)28-7-6-27-22/h6-7,12-16,19,21H,2-5,8-11H2,1H3,(H,29,31). The number of pyridine rings is 1. The van der Waals surface area contributed by atoms with Crippen LogP contribution >= 0.6 is 0 Å². The van der Waals surface area contributed by atoms with Gasteiger partial charge in [-0.2, -0.15) is 0 Å². The Morgan fingerprint density at radius 2 is 1.83 bits per heavy atom. The van der Waals surface area contributed by atoms with Gasteiger partial charge in [0.25, 0.3) is 0 Å². The first-order chi connectivity index (χ1) is 17.7. The van der Waals surface area contributed by atoms with Crippen LogP contribution in [0.4, 0.5) is 11.5 Å². The second kappa shape index (κ2) is 10.1. The number of anilines is 2. The van der Waals surface area contributed by atoms with Crippen molar-refractivity contribution in [2.45, 2.75) is 44.8 Å². The van der Waals surface area contributed by atoms with Gasteiger partial charge in [0.05, 0.1) is 30.4 Å². The van der Waals surface area contributed by atoms with Crippen molar-refractivity contribution in [3.8, 4) is 17.2 Å². The highest BCUT2D eigenvalue weighted by Crippen LogP contribution is 2.33. The summed E-state index contributed by atoms with van der Waals surface area (Å²) in [6.45, 7) is 5.24. The fraction of sp³-hybridized carbons (Fsp3) is 0.423. The van der Waals surface area contributed by atoms with Gasteiger partial charge in [0.15, 0.2) is 0 Å². The number of nitrogens with zero attached hydrogens (tertiary/aromatic N) is 6. The first kappa shape index (κ1) is 22.7. The molecule has 0 bridgehead atoms. The van der Waals surface area contributed by atoms with E-state index in [4.69, 9.17) is 13.9 Å². The van der Waals surface area contributed by atoms with Crippen LogP contribution in [0.25, 0.3) is 22.5 Å². The molecule has 2 fully saturated rings. The van der Waals surface area contributed by atoms with E-state index in [2.05, 4.69) is 47.5 Å². The number of hydrogen-bond donors (Lipinski definition) is 1. The largest absolute Gasteiger partial charge is 0.488 e. The zero-order valence-corrected chi connectivity index (χ0v) is 20.3. The lowest BCUT2D eigenvalue weighted by atomic mass is 9.92. The molecule has 1 N–H and O–H groups in total. The van der Waals surface area contributed by atoms with Crippen LogP contribution < -0.4 is 15.0 Å². The number of rotatable bonds is 6. The lowest BCUT2D eigenvalue weighted by Crippen LogP contribution is -2.36. The summed E-state index contributed by atoms with van der Waals surface area (Å²) < 4.78 is 17.4. The molecule has 0 atom stereocenters. The second-order valence-electron chi connectivity index (χ2n) is 9.34. The molecule has 1 saturated carbocycles. The van der Waals surface area contributed by atoms with E-state index < -0.39 is 0 Å². The molecular formula is C26H29N7O3. The van der Waals surface area contributed by atoms with Gasteiger partial charge in [-0.25, -0.2) is 9.97 Å². The quantitative estimate of drug-likeness (QED) is 0.428. The molecule has 1 aliphatic carbocycles. The number of benzene rings is 1. The van der Waals surface area contributed by atoms with Crippen molar-refractivity contribution in [2.75, 3.05) is 36.5 Å². The van der Waals surface area contributed by atoms with Gasteiger partial charge in [0, 0.05) is 49.5 Å². The van der Waals surface area contributed by atoms with E-state index in [1.165, 1.54) is 6.39 Å². The monoisotopic (exact) mass is 487 g/mol. The molecule has 1 aliphatic heterocycles. The molecule has 10 nitrogen and oxygen atoms in total. The predicted octanol–water partition coefficient (Wildman–Crippen LogP) is 4.02. The third-order valence-corrected chi connectivity index (χ3v) is 6.89. The van der Waals surface area contributed by atoms with E-state index in [9.17, 15) is 0 Å². The number of nitrogens with one attached hydrogen (secondary N) is 1. The summed E-state index contributed by atoms with van der Waals surface area (Å²) in [7, 11) is 0. The van der Waals surface area contributed by atoms with Crippen molar-refractivity contribution in [1.82, 2.24) is 25.1 Å². The predicted molar refractivity (Wildman–Crippen MR) is 135 cm³/mol. The highest BCUT2D eigenvalue weighted by atomic mass is 16.5. The summed E-state index contributed by atoms with van der Waals surface area (Å²) in [5.74, 6) is 2.18. The van der Waals surface area contributed by atoms with Crippen LogP contribution in [0, 0.1) is 6.92 Å². The average molecular weight is 488 g/mol. The highest BCUT2D eigenvalue weighted by molar-refractivity contribution is 5.85. The SMILES string of the molecule is Cc1cc(-c2nnco2)cnc1NC1CCC(Oc2cc(N3CCOCC3)cc3nccnc23)CC1. The van der Waals surface area contributed by atoms with Crippen LogP contribution in [-0.2, 0) is 4.74 Å². The fourth-order valence-corrected chi connectivity index (χ4v) is 4.96. The molecule has 4 heterocycles. The summed E-state index contributed by atoms with van der Waals surface area (Å²) in [5, 5.41) is 11.3. The normalized spacial score (nSPS) is 20.4. The topological polar surface area (TPSA) is 111 Å². The average Bonchev–Trinajstić information content (AvgIpc) is 3.47. The van der Waals surface area contributed by atoms with Crippen molar-refractivity contribution in [3.63, 3.8) is 0 Å². The number of hydrogen-bond acceptors (Lipinski definition) is 10. The van der Waals surface area contributed by atoms with Gasteiger partial charge < -0.3 is 24.1 Å². The molecule has 0 radical (unpaired) electrons. The first-order valence-electron chi connectivity index (χ1n) is 12.5. The van der Waals surface area contributed by atoms with Gasteiger partial charge >= 0.3 is 0 Å². The Morgan fingerprint density at radius 1 is 1.00 bits per heavy atom. The van der Waals surface area contributed by atoms with E-state index in [1.807, 2.05) is 13.0 Å². The summed E-state index contributed by atoms with van der Waals surface area (Å²) in [6, 6.07) is 6.58. The lowest BCUT2D eigenvalue weighted by molar-refractivity contribution is 0.122. The van der Waals surface area contributed by atoms with Crippen LogP contribution in [0.15, 0.2) is 47.6 Å². The molecular weight excluding hydrogens is 458 g/mol. The third-order valence-electron chi connectivity index (χ3n) is 6.89. The molecule has 6 rings (SSSR count). The molecule has 186 valence electrons. The minimum Gasteiger partial charge on any atom is -0.488 e. The highest BCUT2D eigenvalue weighted by Gasteiger charge is 2.25. The molecule has 2 aliphatic rings. The maximum Gasteiger partial charge on any atom is 0.248 e. The minimum atomic E-state index is 0.141. The molecule has 36 heavy (non-hydrogen) atoms. The van der Waals surface area contributed by atoms with Gasteiger partial charge in [-0.15, -0.1) is 10.2 Å². The number of fused-ring (bicyclic) bond motifs is 1. The molecule has 4 aromatic rings. The zero-order valence-electron chi connectivity index (χ0n) is 20.3. The molecule has 1 saturated heterocycles. The Morgan fingerprint density at radius 3 is 2.61 bits per heavy atom. The van der Waals surface area contributed by atoms with Crippen LogP contribution in [0.1, 0.15) is 31.2 Å². The number of morpholine rings is 1. The van der Waals surface area contributed by atoms with E-state index in [-0.39, 0.29) is 6.10 Å². The first-order valence-corrected chi connectivity index (χ1v) is 12.5. The van der Waals surface area contributed by atoms with Gasteiger partial charge in [0.1, 0.15) is 17.1 Å². The van der Waals surface area contributed by atoms with Gasteiger partial charge in [0.2, 0.25) is 12.3 Å². The van der Waals surface area contributed by atoms with Crippen LogP contribution in [0.3, 0.4) is 0 Å². The van der Waals surface area contributed by atoms with Crippen molar-refractivity contribution >= 4 is 22.5 Å². The van der Waals surface area contributed by atoms with Gasteiger partial charge in [-0.3, -0.25) is 4.98 Å². The Hall–Kier alpha value is -3.79. The molecule has 0 unspecified atom stereocenters. The van der Waals surface area contributed by atoms with Crippen molar-refractivity contribution in [2.24, 2.45) is 0 Å². The van der Waals surface area contributed by atoms with E-state index in [0.717, 1.165) is 91.4 Å². The van der Waals surface area contributed by atoms with Crippen LogP contribution in [0.2, 0.25) is 0 Å². The van der Waals surface area contributed by atoms with Crippen molar-refractivity contribution in [1.29, 1.82) is 0 Å². The molecule has 3 aromatic heterocycles. The van der Waals surface area contributed by atoms with E-state index >= 15 is 0 Å². The lowest BCUT2D eigenvalue weighted by Gasteiger charge is -2.31. The molecule has 1 aromatic carbocycles. The van der Waals surface area contributed by atoms with Crippen LogP contribution in [-0.4, -0.2) is 63.6 Å². The number of ether oxygens (including phenoxy) is 2. The van der Waals surface area contributed by atoms with Crippen LogP contribution in [0.5, 0.6) is 5.75 Å². The maximum atomic E-state index is 6.55. The molecule has 10 heteroatoms. The Labute approximate surface area is 209 Å². The van der Waals surface area contributed by atoms with Crippen molar-refractivity contribution in [3.05, 3.63) is 48.7 Å². The Balaban J connectivity index is 1.11. The Bertz CT molecular complexity index is 1320. The number of aromatic nitrogens is 5. The van der Waals surface area contributed by atoms with E-state index in [0.29, 0.717) is 11.9 Å². The zero-order chi connectivity index (χ0) is 24.3. The third kappa shape index (κ3) is 4.81. The second-order valence-corrected chi connectivity index (χ2v) is 9.34. The van der Waals surface area contributed by atoms with E-state index in [1.54, 1.807) is 18.6 Å².